The van der Waals surface area contributed by atoms with E-state index in [9.17, 15) is 4.79 Å². The van der Waals surface area contributed by atoms with Gasteiger partial charge in [0.25, 0.3) is 0 Å². The van der Waals surface area contributed by atoms with E-state index in [4.69, 9.17) is 4.74 Å². The van der Waals surface area contributed by atoms with E-state index in [1.54, 1.807) is 0 Å². The van der Waals surface area contributed by atoms with Gasteiger partial charge in [0.15, 0.2) is 0 Å². The van der Waals surface area contributed by atoms with Crippen LogP contribution >= 0.6 is 0 Å². The Kier molecular flexibility index (Phi) is 7.26. The minimum absolute atomic E-state index is 0.241. The predicted molar refractivity (Wildman–Crippen MR) is 81.7 cm³/mol. The maximum absolute atomic E-state index is 11.9. The second-order valence-electron chi connectivity index (χ2n) is 4.85. The molecule has 1 unspecified atom stereocenters. The highest BCUT2D eigenvalue weighted by molar-refractivity contribution is 5.77. The van der Waals surface area contributed by atoms with Gasteiger partial charge >= 0.3 is 5.97 Å². The number of ether oxygens (including phenoxy) is 1. The number of methoxy groups -OCH3 is 1. The molecule has 0 aromatic heterocycles. The molecule has 0 radical (unpaired) electrons. The molecule has 0 bridgehead atoms. The molecule has 1 N–H and O–H groups in total. The Morgan fingerprint density at radius 3 is 2.60 bits per heavy atom. The number of benzene rings is 1. The second-order valence-corrected chi connectivity index (χ2v) is 4.85. The summed E-state index contributed by atoms with van der Waals surface area (Å²) in [5.74, 6) is -0.241. The lowest BCUT2D eigenvalue weighted by molar-refractivity contribution is -0.143. The van der Waals surface area contributed by atoms with Crippen molar-refractivity contribution in [1.29, 1.82) is 0 Å². The molecule has 0 aliphatic heterocycles. The van der Waals surface area contributed by atoms with Crippen LogP contribution in [0.3, 0.4) is 0 Å². The summed E-state index contributed by atoms with van der Waals surface area (Å²) in [4.78, 5) is 14.3. The molecule has 1 aromatic carbocycles. The lowest BCUT2D eigenvalue weighted by Gasteiger charge is -2.21. The third-order valence-electron chi connectivity index (χ3n) is 3.48. The number of hydrogen-bond donors (Lipinski definition) is 1. The quantitative estimate of drug-likeness (QED) is 0.740. The van der Waals surface area contributed by atoms with Crippen molar-refractivity contribution < 1.29 is 9.53 Å². The fourth-order valence-electron chi connectivity index (χ4n) is 2.21. The zero-order chi connectivity index (χ0) is 15.0. The van der Waals surface area contributed by atoms with Crippen LogP contribution in [0.15, 0.2) is 24.3 Å². The summed E-state index contributed by atoms with van der Waals surface area (Å²) < 4.78 is 4.90. The van der Waals surface area contributed by atoms with Crippen LogP contribution in [0, 0.1) is 6.92 Å². The third kappa shape index (κ3) is 4.94. The zero-order valence-electron chi connectivity index (χ0n) is 13.0. The molecule has 20 heavy (non-hydrogen) atoms. The third-order valence-corrected chi connectivity index (χ3v) is 3.48. The van der Waals surface area contributed by atoms with Gasteiger partial charge in [0.1, 0.15) is 6.04 Å². The smallest absolute Gasteiger partial charge is 0.327 e. The minimum Gasteiger partial charge on any atom is -0.468 e. The monoisotopic (exact) mass is 278 g/mol. The molecular formula is C16H26N2O2. The summed E-state index contributed by atoms with van der Waals surface area (Å²) >= 11 is 0. The summed E-state index contributed by atoms with van der Waals surface area (Å²) in [7, 11) is 1.43. The first-order valence-corrected chi connectivity index (χ1v) is 7.22. The maximum Gasteiger partial charge on any atom is 0.327 e. The van der Waals surface area contributed by atoms with E-state index < -0.39 is 6.04 Å². The van der Waals surface area contributed by atoms with E-state index in [2.05, 4.69) is 24.1 Å². The van der Waals surface area contributed by atoms with Crippen molar-refractivity contribution in [1.82, 2.24) is 10.2 Å². The number of carbonyl (C=O) groups is 1. The van der Waals surface area contributed by atoms with E-state index in [0.29, 0.717) is 0 Å². The molecule has 112 valence electrons. The first-order valence-electron chi connectivity index (χ1n) is 7.22. The van der Waals surface area contributed by atoms with Crippen molar-refractivity contribution in [3.8, 4) is 0 Å². The average molecular weight is 278 g/mol. The van der Waals surface area contributed by atoms with Crippen LogP contribution in [-0.4, -0.2) is 44.2 Å². The Balaban J connectivity index is 2.68. The summed E-state index contributed by atoms with van der Waals surface area (Å²) in [6, 6.07) is 7.57. The van der Waals surface area contributed by atoms with Gasteiger partial charge in [-0.25, -0.2) is 4.79 Å². The van der Waals surface area contributed by atoms with E-state index in [-0.39, 0.29) is 5.97 Å². The molecule has 0 saturated carbocycles. The topological polar surface area (TPSA) is 41.6 Å². The van der Waals surface area contributed by atoms with Crippen LogP contribution in [0.5, 0.6) is 0 Å². The molecule has 0 heterocycles. The van der Waals surface area contributed by atoms with E-state index in [0.717, 1.165) is 37.3 Å². The van der Waals surface area contributed by atoms with Crippen molar-refractivity contribution in [2.75, 3.05) is 33.3 Å². The Labute approximate surface area is 122 Å². The van der Waals surface area contributed by atoms with Crippen LogP contribution in [0.25, 0.3) is 0 Å². The highest BCUT2D eigenvalue weighted by Crippen LogP contribution is 2.15. The van der Waals surface area contributed by atoms with Gasteiger partial charge in [-0.05, 0) is 25.6 Å². The lowest BCUT2D eigenvalue weighted by Crippen LogP contribution is -2.36. The normalized spacial score (nSPS) is 12.4. The summed E-state index contributed by atoms with van der Waals surface area (Å²) in [6.07, 6.45) is 0. The zero-order valence-corrected chi connectivity index (χ0v) is 13.0. The Morgan fingerprint density at radius 1 is 1.35 bits per heavy atom. The van der Waals surface area contributed by atoms with Gasteiger partial charge in [-0.15, -0.1) is 0 Å². The van der Waals surface area contributed by atoms with Crippen LogP contribution in [0.2, 0.25) is 0 Å². The van der Waals surface area contributed by atoms with Crippen molar-refractivity contribution >= 4 is 5.97 Å². The number of rotatable bonds is 8. The van der Waals surface area contributed by atoms with Crippen molar-refractivity contribution in [3.63, 3.8) is 0 Å². The van der Waals surface area contributed by atoms with Gasteiger partial charge in [-0.1, -0.05) is 43.7 Å². The Morgan fingerprint density at radius 2 is 2.05 bits per heavy atom. The predicted octanol–water partition coefficient (Wildman–Crippen LogP) is 2.14. The molecule has 0 amide bonds. The largest absolute Gasteiger partial charge is 0.468 e. The Bertz CT molecular complexity index is 417. The van der Waals surface area contributed by atoms with Crippen molar-refractivity contribution in [2.24, 2.45) is 0 Å². The fourth-order valence-corrected chi connectivity index (χ4v) is 2.21. The minimum atomic E-state index is -0.393. The van der Waals surface area contributed by atoms with Gasteiger partial charge in [-0.2, -0.15) is 0 Å². The first-order chi connectivity index (χ1) is 9.62. The average Bonchev–Trinajstić information content (AvgIpc) is 2.47. The number of carbonyl (C=O) groups excluding carboxylic acids is 1. The second kappa shape index (κ2) is 8.72. The molecule has 0 fully saturated rings. The fraction of sp³-hybridized carbons (Fsp3) is 0.562. The van der Waals surface area contributed by atoms with Crippen molar-refractivity contribution in [2.45, 2.75) is 26.8 Å². The molecule has 0 saturated heterocycles. The van der Waals surface area contributed by atoms with Crippen LogP contribution in [-0.2, 0) is 9.53 Å². The molecular weight excluding hydrogens is 252 g/mol. The van der Waals surface area contributed by atoms with Gasteiger partial charge in [0.2, 0.25) is 0 Å². The lowest BCUT2D eigenvalue weighted by atomic mass is 10.0. The van der Waals surface area contributed by atoms with E-state index in [1.807, 2.05) is 31.2 Å². The van der Waals surface area contributed by atoms with Crippen molar-refractivity contribution in [3.05, 3.63) is 35.4 Å². The summed E-state index contributed by atoms with van der Waals surface area (Å²) in [6.45, 7) is 10.0. The van der Waals surface area contributed by atoms with Crippen LogP contribution in [0.4, 0.5) is 0 Å². The van der Waals surface area contributed by atoms with E-state index >= 15 is 0 Å². The molecule has 4 heteroatoms. The Hall–Kier alpha value is -1.39. The summed E-state index contributed by atoms with van der Waals surface area (Å²) in [5, 5.41) is 3.30. The number of nitrogens with zero attached hydrogens (tertiary/aromatic N) is 1. The van der Waals surface area contributed by atoms with Gasteiger partial charge < -0.3 is 9.64 Å². The van der Waals surface area contributed by atoms with Gasteiger partial charge in [0.05, 0.1) is 7.11 Å². The number of nitrogens with one attached hydrogen (secondary N) is 1. The first kappa shape index (κ1) is 16.7. The maximum atomic E-state index is 11.9. The van der Waals surface area contributed by atoms with Gasteiger partial charge in [-0.3, -0.25) is 5.32 Å². The standard InChI is InChI=1S/C16H26N2O2/c1-5-18(6-2)11-10-17-15(16(19)20-4)14-9-7-8-13(3)12-14/h7-9,12,15,17H,5-6,10-11H2,1-4H3. The van der Waals surface area contributed by atoms with Crippen LogP contribution in [0.1, 0.15) is 31.0 Å². The highest BCUT2D eigenvalue weighted by Gasteiger charge is 2.20. The molecule has 1 atom stereocenters. The molecule has 4 nitrogen and oxygen atoms in total. The number of likely N-dealkylation sites (N-methyl/N-ethyl adjacent to an activating group) is 1. The molecule has 1 aromatic rings. The molecule has 0 aliphatic carbocycles. The van der Waals surface area contributed by atoms with Gasteiger partial charge in [0, 0.05) is 13.1 Å². The molecule has 1 rings (SSSR count). The molecule has 0 spiro atoms. The summed E-state index contributed by atoms with van der Waals surface area (Å²) in [5.41, 5.74) is 2.10. The molecule has 0 aliphatic rings. The number of esters is 1. The highest BCUT2D eigenvalue weighted by atomic mass is 16.5. The SMILES string of the molecule is CCN(CC)CCNC(C(=O)OC)c1cccc(C)c1. The number of hydrogen-bond acceptors (Lipinski definition) is 4. The number of aryl methyl sites for hydroxylation is 1. The van der Waals surface area contributed by atoms with Crippen LogP contribution < -0.4 is 5.32 Å². The van der Waals surface area contributed by atoms with E-state index in [1.165, 1.54) is 7.11 Å².